The number of aryl methyl sites for hydroxylation is 1. The molecule has 1 aromatic heterocycles. The number of aliphatic hydroxyl groups is 1. The number of amides is 1. The van der Waals surface area contributed by atoms with E-state index in [0.29, 0.717) is 43.2 Å². The molecule has 0 aliphatic carbocycles. The fourth-order valence-electron chi connectivity index (χ4n) is 2.59. The predicted molar refractivity (Wildman–Crippen MR) is 96.1 cm³/mol. The summed E-state index contributed by atoms with van der Waals surface area (Å²) in [5.74, 6) is 0.976. The number of rotatable bonds is 9. The molecular weight excluding hydrogens is 320 g/mol. The summed E-state index contributed by atoms with van der Waals surface area (Å²) in [4.78, 5) is 12.3. The van der Waals surface area contributed by atoms with Gasteiger partial charge in [-0.15, -0.1) is 0 Å². The van der Waals surface area contributed by atoms with E-state index in [2.05, 4.69) is 5.32 Å². The standard InChI is InChI=1S/C19H26N2O4/c1-4-24-17-9-8-14(13-18(17)25-5-2)19(23)20-11-10-16(22)15-7-6-12-21(15)3/h6-9,12-13,16,22H,4-5,10-11H2,1-3H3,(H,20,23). The molecule has 0 aliphatic heterocycles. The minimum Gasteiger partial charge on any atom is -0.490 e. The highest BCUT2D eigenvalue weighted by Crippen LogP contribution is 2.28. The lowest BCUT2D eigenvalue weighted by Crippen LogP contribution is -2.26. The van der Waals surface area contributed by atoms with Crippen molar-refractivity contribution in [2.24, 2.45) is 7.05 Å². The van der Waals surface area contributed by atoms with Gasteiger partial charge in [-0.25, -0.2) is 0 Å². The molecule has 2 N–H and O–H groups in total. The minimum atomic E-state index is -0.611. The lowest BCUT2D eigenvalue weighted by atomic mass is 10.1. The van der Waals surface area contributed by atoms with Gasteiger partial charge in [-0.3, -0.25) is 4.79 Å². The molecule has 0 saturated carbocycles. The molecule has 1 heterocycles. The van der Waals surface area contributed by atoms with Crippen LogP contribution in [0.5, 0.6) is 11.5 Å². The van der Waals surface area contributed by atoms with Crippen LogP contribution in [0.25, 0.3) is 0 Å². The molecule has 6 heteroatoms. The Hall–Kier alpha value is -2.47. The summed E-state index contributed by atoms with van der Waals surface area (Å²) in [6.45, 7) is 5.18. The van der Waals surface area contributed by atoms with Gasteiger partial charge >= 0.3 is 0 Å². The summed E-state index contributed by atoms with van der Waals surface area (Å²) in [5.41, 5.74) is 1.33. The number of nitrogens with one attached hydrogen (secondary N) is 1. The van der Waals surface area contributed by atoms with Gasteiger partial charge in [0.15, 0.2) is 11.5 Å². The first kappa shape index (κ1) is 18.9. The van der Waals surface area contributed by atoms with Crippen LogP contribution in [0, 0.1) is 0 Å². The maximum Gasteiger partial charge on any atom is 0.251 e. The highest BCUT2D eigenvalue weighted by atomic mass is 16.5. The fraction of sp³-hybridized carbons (Fsp3) is 0.421. The van der Waals surface area contributed by atoms with Gasteiger partial charge in [0, 0.05) is 31.0 Å². The maximum absolute atomic E-state index is 12.3. The molecule has 1 unspecified atom stereocenters. The van der Waals surface area contributed by atoms with Crippen LogP contribution in [-0.2, 0) is 7.05 Å². The Bertz CT molecular complexity index is 696. The van der Waals surface area contributed by atoms with E-state index in [1.807, 2.05) is 43.8 Å². The third-order valence-corrected chi connectivity index (χ3v) is 3.83. The van der Waals surface area contributed by atoms with Crippen molar-refractivity contribution in [2.75, 3.05) is 19.8 Å². The van der Waals surface area contributed by atoms with Gasteiger partial charge < -0.3 is 24.5 Å². The van der Waals surface area contributed by atoms with Crippen molar-refractivity contribution in [3.63, 3.8) is 0 Å². The van der Waals surface area contributed by atoms with Crippen molar-refractivity contribution < 1.29 is 19.4 Å². The van der Waals surface area contributed by atoms with Crippen LogP contribution < -0.4 is 14.8 Å². The van der Waals surface area contributed by atoms with Crippen LogP contribution in [0.15, 0.2) is 36.5 Å². The number of ether oxygens (including phenoxy) is 2. The number of aromatic nitrogens is 1. The van der Waals surface area contributed by atoms with Crippen LogP contribution in [0.3, 0.4) is 0 Å². The van der Waals surface area contributed by atoms with Crippen LogP contribution in [0.4, 0.5) is 0 Å². The number of benzene rings is 1. The Morgan fingerprint density at radius 3 is 2.56 bits per heavy atom. The summed E-state index contributed by atoms with van der Waals surface area (Å²) in [7, 11) is 1.88. The van der Waals surface area contributed by atoms with Gasteiger partial charge in [-0.05, 0) is 50.6 Å². The molecule has 2 aromatic rings. The molecule has 0 spiro atoms. The van der Waals surface area contributed by atoms with E-state index in [4.69, 9.17) is 9.47 Å². The number of hydrogen-bond donors (Lipinski definition) is 2. The molecule has 0 saturated heterocycles. The first-order chi connectivity index (χ1) is 12.1. The second kappa shape index (κ2) is 9.13. The predicted octanol–water partition coefficient (Wildman–Crippen LogP) is 2.68. The van der Waals surface area contributed by atoms with Gasteiger partial charge in [0.2, 0.25) is 0 Å². The third-order valence-electron chi connectivity index (χ3n) is 3.83. The van der Waals surface area contributed by atoms with Crippen molar-refractivity contribution >= 4 is 5.91 Å². The van der Waals surface area contributed by atoms with E-state index in [9.17, 15) is 9.90 Å². The Morgan fingerprint density at radius 2 is 1.92 bits per heavy atom. The molecule has 0 fully saturated rings. The maximum atomic E-state index is 12.3. The summed E-state index contributed by atoms with van der Waals surface area (Å²) >= 11 is 0. The van der Waals surface area contributed by atoms with Gasteiger partial charge in [-0.1, -0.05) is 0 Å². The molecule has 1 amide bonds. The molecule has 0 bridgehead atoms. The second-order valence-electron chi connectivity index (χ2n) is 5.63. The van der Waals surface area contributed by atoms with E-state index in [0.717, 1.165) is 5.69 Å². The first-order valence-corrected chi connectivity index (χ1v) is 8.54. The molecule has 2 rings (SSSR count). The van der Waals surface area contributed by atoms with E-state index < -0.39 is 6.10 Å². The number of carbonyl (C=O) groups is 1. The lowest BCUT2D eigenvalue weighted by Gasteiger charge is -2.14. The van der Waals surface area contributed by atoms with E-state index >= 15 is 0 Å². The average Bonchev–Trinajstić information content (AvgIpc) is 3.02. The van der Waals surface area contributed by atoms with Crippen LogP contribution in [0.2, 0.25) is 0 Å². The van der Waals surface area contributed by atoms with Gasteiger partial charge in [0.25, 0.3) is 5.91 Å². The van der Waals surface area contributed by atoms with Crippen molar-refractivity contribution in [3.8, 4) is 11.5 Å². The van der Waals surface area contributed by atoms with Gasteiger partial charge in [0.05, 0.1) is 19.3 Å². The van der Waals surface area contributed by atoms with E-state index in [-0.39, 0.29) is 5.91 Å². The summed E-state index contributed by atoms with van der Waals surface area (Å²) in [6.07, 6.45) is 1.71. The zero-order chi connectivity index (χ0) is 18.2. The van der Waals surface area contributed by atoms with Gasteiger partial charge in [-0.2, -0.15) is 0 Å². The van der Waals surface area contributed by atoms with Crippen LogP contribution >= 0.6 is 0 Å². The highest BCUT2D eigenvalue weighted by molar-refractivity contribution is 5.94. The number of nitrogens with zero attached hydrogens (tertiary/aromatic N) is 1. The zero-order valence-electron chi connectivity index (χ0n) is 15.0. The third kappa shape index (κ3) is 5.00. The van der Waals surface area contributed by atoms with E-state index in [1.54, 1.807) is 18.2 Å². The second-order valence-corrected chi connectivity index (χ2v) is 5.63. The monoisotopic (exact) mass is 346 g/mol. The Balaban J connectivity index is 1.94. The van der Waals surface area contributed by atoms with Gasteiger partial charge in [0.1, 0.15) is 0 Å². The molecule has 0 radical (unpaired) electrons. The molecule has 0 aliphatic rings. The number of hydrogen-bond acceptors (Lipinski definition) is 4. The molecule has 136 valence electrons. The Morgan fingerprint density at radius 1 is 1.20 bits per heavy atom. The normalized spacial score (nSPS) is 11.8. The minimum absolute atomic E-state index is 0.205. The van der Waals surface area contributed by atoms with Crippen molar-refractivity contribution in [3.05, 3.63) is 47.8 Å². The first-order valence-electron chi connectivity index (χ1n) is 8.54. The average molecular weight is 346 g/mol. The number of aliphatic hydroxyl groups excluding tert-OH is 1. The summed E-state index contributed by atoms with van der Waals surface area (Å²) in [5, 5.41) is 13.0. The largest absolute Gasteiger partial charge is 0.490 e. The summed E-state index contributed by atoms with van der Waals surface area (Å²) in [6, 6.07) is 8.87. The molecule has 1 atom stereocenters. The SMILES string of the molecule is CCOc1ccc(C(=O)NCCC(O)c2cccn2C)cc1OCC. The van der Waals surface area contributed by atoms with Crippen LogP contribution in [-0.4, -0.2) is 35.3 Å². The Labute approximate surface area is 148 Å². The smallest absolute Gasteiger partial charge is 0.251 e. The Kier molecular flexibility index (Phi) is 6.89. The molecule has 25 heavy (non-hydrogen) atoms. The molecule has 6 nitrogen and oxygen atoms in total. The molecule has 1 aromatic carbocycles. The fourth-order valence-corrected chi connectivity index (χ4v) is 2.59. The highest BCUT2D eigenvalue weighted by Gasteiger charge is 2.13. The van der Waals surface area contributed by atoms with E-state index in [1.165, 1.54) is 0 Å². The summed E-state index contributed by atoms with van der Waals surface area (Å²) < 4.78 is 12.9. The van der Waals surface area contributed by atoms with Crippen LogP contribution in [0.1, 0.15) is 42.4 Å². The lowest BCUT2D eigenvalue weighted by molar-refractivity contribution is 0.0940. The van der Waals surface area contributed by atoms with Crippen molar-refractivity contribution in [1.82, 2.24) is 9.88 Å². The molecular formula is C19H26N2O4. The quantitative estimate of drug-likeness (QED) is 0.732. The number of carbonyl (C=O) groups excluding carboxylic acids is 1. The zero-order valence-corrected chi connectivity index (χ0v) is 15.0. The topological polar surface area (TPSA) is 72.7 Å². The van der Waals surface area contributed by atoms with Crippen molar-refractivity contribution in [2.45, 2.75) is 26.4 Å². The van der Waals surface area contributed by atoms with Crippen molar-refractivity contribution in [1.29, 1.82) is 0 Å².